The van der Waals surface area contributed by atoms with Crippen molar-refractivity contribution < 1.29 is 39.5 Å². The summed E-state index contributed by atoms with van der Waals surface area (Å²) >= 11 is 0. The third-order valence-electron chi connectivity index (χ3n) is 5.70. The van der Waals surface area contributed by atoms with E-state index in [2.05, 4.69) is 5.53 Å². The van der Waals surface area contributed by atoms with Crippen LogP contribution in [0.4, 0.5) is 50.9 Å². The van der Waals surface area contributed by atoms with Gasteiger partial charge in [-0.2, -0.15) is 39.5 Å². The number of hydrazine groups is 2. The number of halogens is 9. The first-order valence-corrected chi connectivity index (χ1v) is 10.5. The Bertz CT molecular complexity index is 1060. The number of benzene rings is 3. The summed E-state index contributed by atoms with van der Waals surface area (Å²) in [5.74, 6) is -0.697. The largest absolute Gasteiger partial charge is 0.416 e. The molecule has 3 aromatic carbocycles. The standard InChI is InChI=1S/C24H18F9N3/c25-22(26,27)17-5-1-4-15(10-17)16-13-35(20-8-2-6-18(11-20)23(28,29)30)34-36(14-16)21-9-3-7-19(12-21)24(31,32)33/h1-12,16,34H,13-14H2. The predicted molar refractivity (Wildman–Crippen MR) is 115 cm³/mol. The summed E-state index contributed by atoms with van der Waals surface area (Å²) in [5.41, 5.74) is 0.306. The summed E-state index contributed by atoms with van der Waals surface area (Å²) in [6.07, 6.45) is -13.9. The molecular formula is C24H18F9N3. The fourth-order valence-corrected chi connectivity index (χ4v) is 3.93. The Kier molecular flexibility index (Phi) is 6.58. The molecule has 3 nitrogen and oxygen atoms in total. The number of hydrogen-bond donors (Lipinski definition) is 1. The lowest BCUT2D eigenvalue weighted by molar-refractivity contribution is -0.138. The third kappa shape index (κ3) is 5.69. The van der Waals surface area contributed by atoms with Gasteiger partial charge in [0, 0.05) is 19.0 Å². The van der Waals surface area contributed by atoms with Crippen molar-refractivity contribution in [2.75, 3.05) is 23.1 Å². The van der Waals surface area contributed by atoms with Gasteiger partial charge in [0.15, 0.2) is 0 Å². The highest BCUT2D eigenvalue weighted by molar-refractivity contribution is 5.54. The van der Waals surface area contributed by atoms with Crippen LogP contribution in [0.1, 0.15) is 28.2 Å². The van der Waals surface area contributed by atoms with Gasteiger partial charge in [-0.05, 0) is 48.0 Å². The SMILES string of the molecule is FC(F)(F)c1cccc(C2CN(c3cccc(C(F)(F)F)c3)NN(c3cccc(C(F)(F)F)c3)C2)c1. The molecule has 1 heterocycles. The molecule has 1 N–H and O–H groups in total. The Morgan fingerprint density at radius 1 is 0.556 bits per heavy atom. The lowest BCUT2D eigenvalue weighted by Crippen LogP contribution is -2.58. The summed E-state index contributed by atoms with van der Waals surface area (Å²) in [4.78, 5) is 0. The number of rotatable bonds is 3. The molecular weight excluding hydrogens is 501 g/mol. The van der Waals surface area contributed by atoms with Gasteiger partial charge in [-0.25, -0.2) is 0 Å². The van der Waals surface area contributed by atoms with E-state index < -0.39 is 41.1 Å². The van der Waals surface area contributed by atoms with E-state index in [1.165, 1.54) is 46.4 Å². The van der Waals surface area contributed by atoms with E-state index in [0.717, 1.165) is 36.4 Å². The first-order valence-electron chi connectivity index (χ1n) is 10.5. The van der Waals surface area contributed by atoms with Gasteiger partial charge in [0.25, 0.3) is 0 Å². The second-order valence-corrected chi connectivity index (χ2v) is 8.24. The van der Waals surface area contributed by atoms with E-state index in [-0.39, 0.29) is 30.0 Å². The highest BCUT2D eigenvalue weighted by Crippen LogP contribution is 2.36. The van der Waals surface area contributed by atoms with E-state index in [4.69, 9.17) is 0 Å². The van der Waals surface area contributed by atoms with Crippen LogP contribution in [-0.2, 0) is 18.5 Å². The average molecular weight is 519 g/mol. The molecule has 0 spiro atoms. The Labute approximate surface area is 199 Å². The van der Waals surface area contributed by atoms with E-state index >= 15 is 0 Å². The van der Waals surface area contributed by atoms with Crippen LogP contribution in [0, 0.1) is 0 Å². The number of nitrogens with zero attached hydrogens (tertiary/aromatic N) is 2. The van der Waals surface area contributed by atoms with Crippen molar-refractivity contribution in [1.82, 2.24) is 5.53 Å². The van der Waals surface area contributed by atoms with Crippen molar-refractivity contribution in [3.8, 4) is 0 Å². The second-order valence-electron chi connectivity index (χ2n) is 8.24. The smallest absolute Gasteiger partial charge is 0.290 e. The Hall–Kier alpha value is -3.41. The minimum absolute atomic E-state index is 0.0403. The molecule has 0 amide bonds. The van der Waals surface area contributed by atoms with Crippen LogP contribution in [0.25, 0.3) is 0 Å². The quantitative estimate of drug-likeness (QED) is 0.367. The van der Waals surface area contributed by atoms with E-state index in [0.29, 0.717) is 0 Å². The molecule has 4 rings (SSSR count). The van der Waals surface area contributed by atoms with Gasteiger partial charge in [-0.15, -0.1) is 5.53 Å². The van der Waals surface area contributed by atoms with Crippen LogP contribution in [0.15, 0.2) is 72.8 Å². The first kappa shape index (κ1) is 25.7. The molecule has 0 radical (unpaired) electrons. The molecule has 0 atom stereocenters. The fraction of sp³-hybridized carbons (Fsp3) is 0.250. The van der Waals surface area contributed by atoms with Crippen LogP contribution < -0.4 is 15.6 Å². The molecule has 1 fully saturated rings. The highest BCUT2D eigenvalue weighted by atomic mass is 19.4. The van der Waals surface area contributed by atoms with Crippen LogP contribution in [0.5, 0.6) is 0 Å². The van der Waals surface area contributed by atoms with Crippen molar-refractivity contribution in [2.24, 2.45) is 0 Å². The van der Waals surface area contributed by atoms with Gasteiger partial charge in [0.05, 0.1) is 28.1 Å². The van der Waals surface area contributed by atoms with Crippen LogP contribution in [0.3, 0.4) is 0 Å². The molecule has 192 valence electrons. The molecule has 0 aliphatic carbocycles. The van der Waals surface area contributed by atoms with Crippen molar-refractivity contribution in [2.45, 2.75) is 24.4 Å². The number of anilines is 2. The Morgan fingerprint density at radius 2 is 0.944 bits per heavy atom. The number of hydrogen-bond acceptors (Lipinski definition) is 3. The zero-order valence-electron chi connectivity index (χ0n) is 18.2. The summed E-state index contributed by atoms with van der Waals surface area (Å²) in [7, 11) is 0. The lowest BCUT2D eigenvalue weighted by Gasteiger charge is -2.43. The molecule has 12 heteroatoms. The topological polar surface area (TPSA) is 18.5 Å². The van der Waals surface area contributed by atoms with Gasteiger partial charge >= 0.3 is 18.5 Å². The van der Waals surface area contributed by atoms with Crippen LogP contribution in [0.2, 0.25) is 0 Å². The van der Waals surface area contributed by atoms with Crippen LogP contribution in [-0.4, -0.2) is 13.1 Å². The molecule has 3 aromatic rings. The van der Waals surface area contributed by atoms with Gasteiger partial charge in [0.1, 0.15) is 0 Å². The monoisotopic (exact) mass is 519 g/mol. The molecule has 0 unspecified atom stereocenters. The van der Waals surface area contributed by atoms with Gasteiger partial charge in [-0.1, -0.05) is 30.3 Å². The van der Waals surface area contributed by atoms with Crippen LogP contribution >= 0.6 is 0 Å². The lowest BCUT2D eigenvalue weighted by atomic mass is 9.95. The van der Waals surface area contributed by atoms with E-state index in [1.807, 2.05) is 0 Å². The molecule has 0 bridgehead atoms. The minimum Gasteiger partial charge on any atom is -0.290 e. The zero-order chi connectivity index (χ0) is 26.3. The number of alkyl halides is 9. The van der Waals surface area contributed by atoms with E-state index in [9.17, 15) is 39.5 Å². The van der Waals surface area contributed by atoms with E-state index in [1.54, 1.807) is 0 Å². The maximum Gasteiger partial charge on any atom is 0.416 e. The minimum atomic E-state index is -4.65. The number of nitrogens with one attached hydrogen (secondary N) is 1. The van der Waals surface area contributed by atoms with Crippen molar-refractivity contribution in [1.29, 1.82) is 0 Å². The first-order chi connectivity index (χ1) is 16.7. The Morgan fingerprint density at radius 3 is 1.36 bits per heavy atom. The molecule has 0 saturated carbocycles. The van der Waals surface area contributed by atoms with Gasteiger partial charge in [0.2, 0.25) is 0 Å². The van der Waals surface area contributed by atoms with Gasteiger partial charge in [-0.3, -0.25) is 10.0 Å². The molecule has 1 aliphatic heterocycles. The molecule has 0 aromatic heterocycles. The molecule has 36 heavy (non-hydrogen) atoms. The van der Waals surface area contributed by atoms with Crippen molar-refractivity contribution >= 4 is 11.4 Å². The summed E-state index contributed by atoms with van der Waals surface area (Å²) in [5, 5.41) is 2.54. The summed E-state index contributed by atoms with van der Waals surface area (Å²) in [6.45, 7) is -0.0871. The highest BCUT2D eigenvalue weighted by Gasteiger charge is 2.35. The third-order valence-corrected chi connectivity index (χ3v) is 5.70. The Balaban J connectivity index is 1.75. The zero-order valence-corrected chi connectivity index (χ0v) is 18.2. The molecule has 1 aliphatic rings. The normalized spacial score (nSPS) is 15.9. The maximum absolute atomic E-state index is 13.3. The fourth-order valence-electron chi connectivity index (χ4n) is 3.93. The summed E-state index contributed by atoms with van der Waals surface area (Å²) in [6, 6.07) is 13.0. The average Bonchev–Trinajstić information content (AvgIpc) is 2.82. The maximum atomic E-state index is 13.3. The summed E-state index contributed by atoms with van der Waals surface area (Å²) < 4.78 is 119. The van der Waals surface area contributed by atoms with Crippen molar-refractivity contribution in [3.05, 3.63) is 95.1 Å². The van der Waals surface area contributed by atoms with Gasteiger partial charge < -0.3 is 0 Å². The second kappa shape index (κ2) is 9.23. The predicted octanol–water partition coefficient (Wildman–Crippen LogP) is 7.27. The van der Waals surface area contributed by atoms with Crippen molar-refractivity contribution in [3.63, 3.8) is 0 Å². The molecule has 1 saturated heterocycles.